The van der Waals surface area contributed by atoms with Gasteiger partial charge in [0.15, 0.2) is 0 Å². The van der Waals surface area contributed by atoms with E-state index in [4.69, 9.17) is 5.11 Å². The van der Waals surface area contributed by atoms with Gasteiger partial charge in [0, 0.05) is 17.0 Å². The lowest BCUT2D eigenvalue weighted by atomic mass is 10.2. The quantitative estimate of drug-likeness (QED) is 0.749. The number of carbonyl (C=O) groups excluding carboxylic acids is 1. The summed E-state index contributed by atoms with van der Waals surface area (Å²) in [5.41, 5.74) is 0.412. The minimum Gasteiger partial charge on any atom is -0.508 e. The van der Waals surface area contributed by atoms with Crippen LogP contribution >= 0.6 is 11.8 Å². The first-order chi connectivity index (χ1) is 9.75. The Balaban J connectivity index is 2.84. The number of aromatic hydroxyl groups is 1. The third-order valence-corrected chi connectivity index (χ3v) is 4.17. The maximum Gasteiger partial charge on any atom is 0.323 e. The molecule has 0 aliphatic rings. The number of phenols is 1. The van der Waals surface area contributed by atoms with Gasteiger partial charge in [-0.05, 0) is 44.4 Å². The molecule has 0 saturated carbocycles. The number of phenolic OH excluding ortho intramolecular Hbond substituents is 1. The molecular formula is C14H20N2O4S. The van der Waals surface area contributed by atoms with E-state index < -0.39 is 18.5 Å². The number of carboxylic acids is 1. The first-order valence-corrected chi connectivity index (χ1v) is 7.59. The van der Waals surface area contributed by atoms with Crippen molar-refractivity contribution in [1.29, 1.82) is 0 Å². The Hall–Kier alpha value is -1.89. The number of nitrogens with zero attached hydrogens (tertiary/aromatic N) is 1. The highest BCUT2D eigenvalue weighted by Crippen LogP contribution is 2.21. The standard InChI is InChI=1S/C14H20N2O4S/c1-14(2,21-3)9-15-13(20)16(8-12(18)19)10-4-6-11(17)7-5-10/h4-7,17H,8-9H2,1-3H3,(H,15,20)(H,18,19). The van der Waals surface area contributed by atoms with Crippen LogP contribution in [0.4, 0.5) is 10.5 Å². The molecule has 0 unspecified atom stereocenters. The molecule has 0 spiro atoms. The van der Waals surface area contributed by atoms with Gasteiger partial charge in [-0.1, -0.05) is 0 Å². The largest absolute Gasteiger partial charge is 0.508 e. The summed E-state index contributed by atoms with van der Waals surface area (Å²) in [6.45, 7) is 3.94. The van der Waals surface area contributed by atoms with Crippen molar-refractivity contribution in [2.75, 3.05) is 24.2 Å². The van der Waals surface area contributed by atoms with E-state index in [0.717, 1.165) is 4.90 Å². The Bertz CT molecular complexity index is 502. The van der Waals surface area contributed by atoms with Gasteiger partial charge in [0.05, 0.1) is 0 Å². The van der Waals surface area contributed by atoms with Crippen molar-refractivity contribution in [3.05, 3.63) is 24.3 Å². The number of aliphatic carboxylic acids is 1. The number of amides is 2. The average molecular weight is 312 g/mol. The molecule has 1 aromatic carbocycles. The summed E-state index contributed by atoms with van der Waals surface area (Å²) in [6.07, 6.45) is 1.95. The average Bonchev–Trinajstić information content (AvgIpc) is 2.43. The molecule has 6 nitrogen and oxygen atoms in total. The maximum absolute atomic E-state index is 12.2. The molecule has 0 atom stereocenters. The minimum absolute atomic E-state index is 0.0537. The van der Waals surface area contributed by atoms with E-state index in [0.29, 0.717) is 12.2 Å². The van der Waals surface area contributed by atoms with Crippen molar-refractivity contribution >= 4 is 29.4 Å². The molecule has 2 amide bonds. The van der Waals surface area contributed by atoms with Crippen molar-refractivity contribution in [2.45, 2.75) is 18.6 Å². The maximum atomic E-state index is 12.2. The fourth-order valence-electron chi connectivity index (χ4n) is 1.50. The molecule has 7 heteroatoms. The van der Waals surface area contributed by atoms with E-state index in [1.165, 1.54) is 24.3 Å². The zero-order valence-electron chi connectivity index (χ0n) is 12.3. The summed E-state index contributed by atoms with van der Waals surface area (Å²) in [6, 6.07) is 5.33. The molecule has 0 saturated heterocycles. The van der Waals surface area contributed by atoms with Crippen LogP contribution in [0.3, 0.4) is 0 Å². The fraction of sp³-hybridized carbons (Fsp3) is 0.429. The molecule has 1 aromatic rings. The van der Waals surface area contributed by atoms with Crippen LogP contribution in [0.5, 0.6) is 5.75 Å². The lowest BCUT2D eigenvalue weighted by Crippen LogP contribution is -2.46. The van der Waals surface area contributed by atoms with Gasteiger partial charge in [0.2, 0.25) is 0 Å². The van der Waals surface area contributed by atoms with Crippen LogP contribution in [0.1, 0.15) is 13.8 Å². The number of thioether (sulfide) groups is 1. The zero-order chi connectivity index (χ0) is 16.0. The van der Waals surface area contributed by atoms with Gasteiger partial charge in [-0.3, -0.25) is 9.69 Å². The van der Waals surface area contributed by atoms with Gasteiger partial charge in [-0.2, -0.15) is 11.8 Å². The van der Waals surface area contributed by atoms with Crippen LogP contribution in [0.15, 0.2) is 24.3 Å². The molecular weight excluding hydrogens is 292 g/mol. The highest BCUT2D eigenvalue weighted by atomic mass is 32.2. The normalized spacial score (nSPS) is 11.0. The minimum atomic E-state index is -1.11. The van der Waals surface area contributed by atoms with E-state index in [1.54, 1.807) is 11.8 Å². The molecule has 0 radical (unpaired) electrons. The van der Waals surface area contributed by atoms with Gasteiger partial charge in [-0.25, -0.2) is 4.79 Å². The molecule has 0 aliphatic heterocycles. The monoisotopic (exact) mass is 312 g/mol. The molecule has 3 N–H and O–H groups in total. The SMILES string of the molecule is CSC(C)(C)CNC(=O)N(CC(=O)O)c1ccc(O)cc1. The number of rotatable bonds is 6. The van der Waals surface area contributed by atoms with E-state index >= 15 is 0 Å². The molecule has 0 aliphatic carbocycles. The van der Waals surface area contributed by atoms with Crippen LogP contribution in [-0.4, -0.2) is 46.3 Å². The first kappa shape index (κ1) is 17.2. The van der Waals surface area contributed by atoms with Gasteiger partial charge >= 0.3 is 12.0 Å². The zero-order valence-corrected chi connectivity index (χ0v) is 13.1. The Morgan fingerprint density at radius 1 is 1.29 bits per heavy atom. The lowest BCUT2D eigenvalue weighted by Gasteiger charge is -2.26. The van der Waals surface area contributed by atoms with Crippen molar-refractivity contribution in [1.82, 2.24) is 5.32 Å². The van der Waals surface area contributed by atoms with Crippen molar-refractivity contribution in [2.24, 2.45) is 0 Å². The van der Waals surface area contributed by atoms with E-state index in [2.05, 4.69) is 5.32 Å². The second kappa shape index (κ2) is 7.21. The molecule has 116 valence electrons. The van der Waals surface area contributed by atoms with Crippen molar-refractivity contribution < 1.29 is 19.8 Å². The lowest BCUT2D eigenvalue weighted by molar-refractivity contribution is -0.135. The summed E-state index contributed by atoms with van der Waals surface area (Å²) >= 11 is 1.61. The fourth-order valence-corrected chi connectivity index (χ4v) is 1.72. The Labute approximate surface area is 128 Å². The number of hydrogen-bond donors (Lipinski definition) is 3. The van der Waals surface area contributed by atoms with Gasteiger partial charge in [0.1, 0.15) is 12.3 Å². The van der Waals surface area contributed by atoms with E-state index in [1.807, 2.05) is 20.1 Å². The molecule has 0 aromatic heterocycles. The summed E-state index contributed by atoms with van der Waals surface area (Å²) in [5, 5.41) is 20.9. The van der Waals surface area contributed by atoms with Gasteiger partial charge < -0.3 is 15.5 Å². The van der Waals surface area contributed by atoms with Gasteiger partial charge in [0.25, 0.3) is 0 Å². The number of anilines is 1. The van der Waals surface area contributed by atoms with Crippen LogP contribution in [0.25, 0.3) is 0 Å². The van der Waals surface area contributed by atoms with Crippen molar-refractivity contribution in [3.63, 3.8) is 0 Å². The summed E-state index contributed by atoms with van der Waals surface area (Å²) < 4.78 is -0.139. The second-order valence-corrected chi connectivity index (χ2v) is 6.63. The predicted octanol–water partition coefficient (Wildman–Crippen LogP) is 2.13. The summed E-state index contributed by atoms with van der Waals surface area (Å²) in [4.78, 5) is 24.3. The molecule has 0 bridgehead atoms. The van der Waals surface area contributed by atoms with Crippen molar-refractivity contribution in [3.8, 4) is 5.75 Å². The van der Waals surface area contributed by atoms with Crippen LogP contribution in [-0.2, 0) is 4.79 Å². The summed E-state index contributed by atoms with van der Waals surface area (Å²) in [7, 11) is 0. The van der Waals surface area contributed by atoms with Crippen LogP contribution in [0, 0.1) is 0 Å². The number of carboxylic acid groups (broad SMARTS) is 1. The van der Waals surface area contributed by atoms with Crippen LogP contribution < -0.4 is 10.2 Å². The number of carbonyl (C=O) groups is 2. The van der Waals surface area contributed by atoms with E-state index in [9.17, 15) is 14.7 Å². The number of nitrogens with one attached hydrogen (secondary N) is 1. The number of urea groups is 1. The first-order valence-electron chi connectivity index (χ1n) is 6.36. The topological polar surface area (TPSA) is 89.9 Å². The Morgan fingerprint density at radius 2 is 1.86 bits per heavy atom. The summed E-state index contributed by atoms with van der Waals surface area (Å²) in [5.74, 6) is -1.06. The smallest absolute Gasteiger partial charge is 0.323 e. The highest BCUT2D eigenvalue weighted by molar-refractivity contribution is 7.99. The number of hydrogen-bond acceptors (Lipinski definition) is 4. The highest BCUT2D eigenvalue weighted by Gasteiger charge is 2.22. The van der Waals surface area contributed by atoms with Gasteiger partial charge in [-0.15, -0.1) is 0 Å². The Kier molecular flexibility index (Phi) is 5.90. The molecule has 21 heavy (non-hydrogen) atoms. The Morgan fingerprint density at radius 3 is 2.33 bits per heavy atom. The molecule has 0 fully saturated rings. The third-order valence-electron chi connectivity index (χ3n) is 2.92. The molecule has 1 rings (SSSR count). The number of benzene rings is 1. The third kappa shape index (κ3) is 5.55. The van der Waals surface area contributed by atoms with Crippen LogP contribution in [0.2, 0.25) is 0 Å². The molecule has 0 heterocycles. The second-order valence-electron chi connectivity index (χ2n) is 5.12. The predicted molar refractivity (Wildman–Crippen MR) is 84.1 cm³/mol. The van der Waals surface area contributed by atoms with E-state index in [-0.39, 0.29) is 10.5 Å².